The minimum Gasteiger partial charge on any atom is -0.222 e. The van der Waals surface area contributed by atoms with Gasteiger partial charge in [-0.3, -0.25) is 0 Å². The van der Waals surface area contributed by atoms with E-state index in [9.17, 15) is 13.7 Å². The number of hydrogen-bond acceptors (Lipinski definition) is 3. The second-order valence-electron chi connectivity index (χ2n) is 5.76. The quantitative estimate of drug-likeness (QED) is 0.855. The van der Waals surface area contributed by atoms with Gasteiger partial charge in [0.05, 0.1) is 11.0 Å². The number of nitrogens with zero attached hydrogens (tertiary/aromatic N) is 1. The van der Waals surface area contributed by atoms with E-state index in [1.807, 2.05) is 19.1 Å². The molecule has 20 heavy (non-hydrogen) atoms. The third-order valence-corrected chi connectivity index (χ3v) is 6.40. The van der Waals surface area contributed by atoms with Crippen molar-refractivity contribution in [2.45, 2.75) is 56.1 Å². The Bertz CT molecular complexity index is 622. The molecule has 1 unspecified atom stereocenters. The molecule has 4 heteroatoms. The maximum atomic E-state index is 12.8. The molecule has 1 aliphatic rings. The minimum absolute atomic E-state index is 0.0151. The van der Waals surface area contributed by atoms with Crippen molar-refractivity contribution in [1.29, 1.82) is 5.26 Å². The molecule has 0 saturated heterocycles. The lowest BCUT2D eigenvalue weighted by Gasteiger charge is -2.26. The summed E-state index contributed by atoms with van der Waals surface area (Å²) in [6.45, 7) is 3.67. The van der Waals surface area contributed by atoms with E-state index in [0.29, 0.717) is 4.90 Å². The summed E-state index contributed by atoms with van der Waals surface area (Å²) in [4.78, 5) is 0.328. The maximum Gasteiger partial charge on any atom is 0.195 e. The number of nitriles is 1. The van der Waals surface area contributed by atoms with Crippen molar-refractivity contribution in [2.75, 3.05) is 0 Å². The van der Waals surface area contributed by atoms with E-state index in [0.717, 1.165) is 43.2 Å². The smallest absolute Gasteiger partial charge is 0.195 e. The summed E-state index contributed by atoms with van der Waals surface area (Å²) in [6, 6.07) is 7.48. The van der Waals surface area contributed by atoms with Gasteiger partial charge in [-0.15, -0.1) is 0 Å². The summed E-state index contributed by atoms with van der Waals surface area (Å²) in [5.41, 5.74) is 1.64. The molecule has 1 atom stereocenters. The number of sulfone groups is 1. The number of benzene rings is 1. The van der Waals surface area contributed by atoms with Crippen LogP contribution < -0.4 is 0 Å². The maximum absolute atomic E-state index is 12.8. The van der Waals surface area contributed by atoms with Crippen LogP contribution in [-0.4, -0.2) is 13.7 Å². The van der Waals surface area contributed by atoms with Gasteiger partial charge in [0.2, 0.25) is 0 Å². The first kappa shape index (κ1) is 15.1. The molecule has 0 spiro atoms. The molecular formula is C16H21NO2S. The van der Waals surface area contributed by atoms with Crippen LogP contribution in [-0.2, 0) is 9.84 Å². The van der Waals surface area contributed by atoms with Crippen molar-refractivity contribution in [3.63, 3.8) is 0 Å². The first-order valence-corrected chi connectivity index (χ1v) is 8.72. The van der Waals surface area contributed by atoms with Gasteiger partial charge in [-0.2, -0.15) is 5.26 Å². The van der Waals surface area contributed by atoms with E-state index < -0.39 is 15.1 Å². The topological polar surface area (TPSA) is 57.9 Å². The summed E-state index contributed by atoms with van der Waals surface area (Å²) >= 11 is 0. The van der Waals surface area contributed by atoms with Gasteiger partial charge in [-0.1, -0.05) is 31.4 Å². The summed E-state index contributed by atoms with van der Waals surface area (Å²) in [7, 11) is -3.57. The molecule has 0 N–H and O–H groups in total. The Balaban J connectivity index is 2.41. The Morgan fingerprint density at radius 2 is 1.85 bits per heavy atom. The van der Waals surface area contributed by atoms with Crippen LogP contribution in [0.15, 0.2) is 23.1 Å². The Morgan fingerprint density at radius 3 is 2.45 bits per heavy atom. The van der Waals surface area contributed by atoms with Crippen molar-refractivity contribution in [3.05, 3.63) is 29.3 Å². The van der Waals surface area contributed by atoms with Crippen LogP contribution >= 0.6 is 0 Å². The molecule has 1 fully saturated rings. The molecule has 1 aromatic carbocycles. The Labute approximate surface area is 121 Å². The van der Waals surface area contributed by atoms with Crippen molar-refractivity contribution < 1.29 is 8.42 Å². The molecule has 3 nitrogen and oxygen atoms in total. The third-order valence-electron chi connectivity index (χ3n) is 4.19. The Hall–Kier alpha value is -1.34. The van der Waals surface area contributed by atoms with Gasteiger partial charge in [0.1, 0.15) is 0 Å². The Kier molecular flexibility index (Phi) is 4.49. The fraction of sp³-hybridized carbons (Fsp3) is 0.562. The molecular weight excluding hydrogens is 270 g/mol. The van der Waals surface area contributed by atoms with Crippen LogP contribution in [0.5, 0.6) is 0 Å². The zero-order valence-electron chi connectivity index (χ0n) is 12.1. The average Bonchev–Trinajstić information content (AvgIpc) is 2.43. The van der Waals surface area contributed by atoms with Crippen LogP contribution in [0.4, 0.5) is 0 Å². The van der Waals surface area contributed by atoms with Crippen LogP contribution in [0.3, 0.4) is 0 Å². The van der Waals surface area contributed by atoms with E-state index in [-0.39, 0.29) is 5.92 Å². The van der Waals surface area contributed by atoms with Gasteiger partial charge in [-0.05, 0) is 49.8 Å². The van der Waals surface area contributed by atoms with E-state index in [1.165, 1.54) is 0 Å². The number of hydrogen-bond donors (Lipinski definition) is 0. The SMILES string of the molecule is Cc1ccc(C)c(S(=O)(=O)C(C#N)C2CCCCC2)c1. The van der Waals surface area contributed by atoms with E-state index >= 15 is 0 Å². The first-order valence-electron chi connectivity index (χ1n) is 7.17. The highest BCUT2D eigenvalue weighted by Crippen LogP contribution is 2.33. The molecule has 1 aromatic rings. The standard InChI is InChI=1S/C16H21NO2S/c1-12-8-9-13(2)15(10-12)20(18,19)16(11-17)14-6-4-3-5-7-14/h8-10,14,16H,3-7H2,1-2H3. The molecule has 0 aliphatic heterocycles. The van der Waals surface area contributed by atoms with Crippen LogP contribution in [0.25, 0.3) is 0 Å². The predicted octanol–water partition coefficient (Wildman–Crippen LogP) is 3.55. The highest BCUT2D eigenvalue weighted by molar-refractivity contribution is 7.92. The molecule has 0 heterocycles. The Morgan fingerprint density at radius 1 is 1.20 bits per heavy atom. The molecule has 0 amide bonds. The lowest BCUT2D eigenvalue weighted by Crippen LogP contribution is -2.30. The highest BCUT2D eigenvalue weighted by Gasteiger charge is 2.36. The van der Waals surface area contributed by atoms with Gasteiger partial charge in [-0.25, -0.2) is 8.42 Å². The third kappa shape index (κ3) is 2.88. The summed E-state index contributed by atoms with van der Waals surface area (Å²) in [6.07, 6.45) is 4.92. The summed E-state index contributed by atoms with van der Waals surface area (Å²) in [5, 5.41) is 8.51. The molecule has 0 radical (unpaired) electrons. The second-order valence-corrected chi connectivity index (χ2v) is 7.80. The van der Waals surface area contributed by atoms with Gasteiger partial charge in [0, 0.05) is 0 Å². The average molecular weight is 291 g/mol. The second kappa shape index (κ2) is 5.97. The largest absolute Gasteiger partial charge is 0.222 e. The van der Waals surface area contributed by atoms with Gasteiger partial charge < -0.3 is 0 Å². The zero-order chi connectivity index (χ0) is 14.8. The summed E-state index contributed by atoms with van der Waals surface area (Å²) < 4.78 is 25.6. The van der Waals surface area contributed by atoms with Gasteiger partial charge >= 0.3 is 0 Å². The van der Waals surface area contributed by atoms with E-state index in [2.05, 4.69) is 6.07 Å². The van der Waals surface area contributed by atoms with Crippen LogP contribution in [0.1, 0.15) is 43.2 Å². The highest BCUT2D eigenvalue weighted by atomic mass is 32.2. The van der Waals surface area contributed by atoms with Crippen LogP contribution in [0, 0.1) is 31.1 Å². The van der Waals surface area contributed by atoms with Crippen molar-refractivity contribution >= 4 is 9.84 Å². The molecule has 108 valence electrons. The fourth-order valence-electron chi connectivity index (χ4n) is 3.02. The van der Waals surface area contributed by atoms with E-state index in [1.54, 1.807) is 13.0 Å². The van der Waals surface area contributed by atoms with Crippen molar-refractivity contribution in [2.24, 2.45) is 5.92 Å². The molecule has 2 rings (SSSR count). The van der Waals surface area contributed by atoms with Gasteiger partial charge in [0.15, 0.2) is 15.1 Å². The van der Waals surface area contributed by atoms with Crippen molar-refractivity contribution in [3.8, 4) is 6.07 Å². The lowest BCUT2D eigenvalue weighted by molar-refractivity contribution is 0.362. The predicted molar refractivity (Wildman–Crippen MR) is 79.1 cm³/mol. The molecule has 1 aliphatic carbocycles. The monoisotopic (exact) mass is 291 g/mol. The number of rotatable bonds is 3. The summed E-state index contributed by atoms with van der Waals surface area (Å²) in [5.74, 6) is -0.0151. The first-order chi connectivity index (χ1) is 9.46. The molecule has 0 bridgehead atoms. The fourth-order valence-corrected chi connectivity index (χ4v) is 5.07. The molecule has 1 saturated carbocycles. The van der Waals surface area contributed by atoms with E-state index in [4.69, 9.17) is 0 Å². The normalized spacial score (nSPS) is 18.4. The lowest BCUT2D eigenvalue weighted by atomic mass is 9.87. The minimum atomic E-state index is -3.57. The molecule has 0 aromatic heterocycles. The van der Waals surface area contributed by atoms with Crippen molar-refractivity contribution in [1.82, 2.24) is 0 Å². The number of aryl methyl sites for hydroxylation is 2. The van der Waals surface area contributed by atoms with Crippen LogP contribution in [0.2, 0.25) is 0 Å². The van der Waals surface area contributed by atoms with Gasteiger partial charge in [0.25, 0.3) is 0 Å². The zero-order valence-corrected chi connectivity index (χ0v) is 12.9.